The third kappa shape index (κ3) is 5.19. The molecule has 2 saturated carbocycles. The number of ether oxygens (including phenoxy) is 1. The molecule has 3 aliphatic rings. The topological polar surface area (TPSA) is 95.9 Å². The highest BCUT2D eigenvalue weighted by molar-refractivity contribution is 5.84. The molecule has 0 unspecified atom stereocenters. The van der Waals surface area contributed by atoms with Gasteiger partial charge in [0.05, 0.1) is 0 Å². The van der Waals surface area contributed by atoms with Crippen LogP contribution in [0.1, 0.15) is 55.6 Å². The van der Waals surface area contributed by atoms with E-state index in [4.69, 9.17) is 9.84 Å². The number of amides is 2. The summed E-state index contributed by atoms with van der Waals surface area (Å²) < 4.78 is 5.63. The van der Waals surface area contributed by atoms with E-state index in [0.717, 1.165) is 38.5 Å². The van der Waals surface area contributed by atoms with Crippen LogP contribution in [0.2, 0.25) is 0 Å². The molecule has 2 N–H and O–H groups in total. The lowest BCUT2D eigenvalue weighted by Gasteiger charge is -2.31. The molecular weight excluding hydrogens is 444 g/mol. The van der Waals surface area contributed by atoms with Gasteiger partial charge in [0.2, 0.25) is 5.91 Å². The lowest BCUT2D eigenvalue weighted by atomic mass is 9.81. The normalized spacial score (nSPS) is 21.0. The number of hydrogen-bond acceptors (Lipinski definition) is 4. The van der Waals surface area contributed by atoms with Crippen molar-refractivity contribution in [1.29, 1.82) is 0 Å². The number of carbonyl (C=O) groups is 3. The fraction of sp³-hybridized carbons (Fsp3) is 0.464. The van der Waals surface area contributed by atoms with E-state index in [1.165, 1.54) is 22.3 Å². The number of carbonyl (C=O) groups excluding carboxylic acids is 2. The molecular formula is C28H32N2O5. The summed E-state index contributed by atoms with van der Waals surface area (Å²) in [4.78, 5) is 38.0. The van der Waals surface area contributed by atoms with Crippen molar-refractivity contribution >= 4 is 18.0 Å². The number of benzene rings is 2. The SMILES string of the molecule is O=C(O)CN(C(=O)C1CCC(CNC(=O)OCC2c3ccccc3-c3ccccc32)CC1)C1CC1. The van der Waals surface area contributed by atoms with Gasteiger partial charge in [-0.05, 0) is 66.7 Å². The van der Waals surface area contributed by atoms with Crippen molar-refractivity contribution < 1.29 is 24.2 Å². The highest BCUT2D eigenvalue weighted by atomic mass is 16.5. The first-order valence-corrected chi connectivity index (χ1v) is 12.6. The van der Waals surface area contributed by atoms with Crippen LogP contribution in [0.5, 0.6) is 0 Å². The van der Waals surface area contributed by atoms with Crippen LogP contribution in [-0.2, 0) is 14.3 Å². The number of hydrogen-bond donors (Lipinski definition) is 2. The molecule has 0 atom stereocenters. The Labute approximate surface area is 205 Å². The molecule has 0 radical (unpaired) electrons. The zero-order chi connectivity index (χ0) is 24.4. The maximum absolute atomic E-state index is 12.8. The molecule has 184 valence electrons. The van der Waals surface area contributed by atoms with Crippen LogP contribution < -0.4 is 5.32 Å². The number of fused-ring (bicyclic) bond motifs is 3. The van der Waals surface area contributed by atoms with E-state index in [2.05, 4.69) is 29.6 Å². The highest BCUT2D eigenvalue weighted by Crippen LogP contribution is 2.44. The van der Waals surface area contributed by atoms with E-state index in [-0.39, 0.29) is 30.3 Å². The maximum Gasteiger partial charge on any atom is 0.407 e. The Morgan fingerprint density at radius 2 is 1.49 bits per heavy atom. The predicted molar refractivity (Wildman–Crippen MR) is 131 cm³/mol. The molecule has 0 saturated heterocycles. The minimum Gasteiger partial charge on any atom is -0.480 e. The zero-order valence-corrected chi connectivity index (χ0v) is 19.8. The summed E-state index contributed by atoms with van der Waals surface area (Å²) in [6.07, 6.45) is 4.54. The molecule has 7 nitrogen and oxygen atoms in total. The smallest absolute Gasteiger partial charge is 0.407 e. The predicted octanol–water partition coefficient (Wildman–Crippen LogP) is 4.41. The molecule has 0 spiro atoms. The first kappa shape index (κ1) is 23.4. The molecule has 2 aromatic rings. The van der Waals surface area contributed by atoms with Crippen molar-refractivity contribution in [3.05, 3.63) is 59.7 Å². The van der Waals surface area contributed by atoms with Gasteiger partial charge in [-0.25, -0.2) is 4.79 Å². The highest BCUT2D eigenvalue weighted by Gasteiger charge is 2.38. The summed E-state index contributed by atoms with van der Waals surface area (Å²) in [5, 5.41) is 12.0. The number of carboxylic acids is 1. The first-order chi connectivity index (χ1) is 17.0. The standard InChI is InChI=1S/C28H32N2O5/c31-26(32)16-30(20-13-14-20)27(33)19-11-9-18(10-12-19)15-29-28(34)35-17-25-23-7-3-1-5-21(23)22-6-2-4-8-24(22)25/h1-8,18-20,25H,9-17H2,(H,29,34)(H,31,32). The number of nitrogens with one attached hydrogen (secondary N) is 1. The van der Waals surface area contributed by atoms with Gasteiger partial charge in [-0.3, -0.25) is 9.59 Å². The number of alkyl carbamates (subject to hydrolysis) is 1. The second kappa shape index (κ2) is 10.1. The molecule has 3 aliphatic carbocycles. The Balaban J connectivity index is 1.08. The number of rotatable bonds is 8. The average Bonchev–Trinajstić information content (AvgIpc) is 3.67. The van der Waals surface area contributed by atoms with Gasteiger partial charge in [-0.15, -0.1) is 0 Å². The molecule has 2 amide bonds. The lowest BCUT2D eigenvalue weighted by Crippen LogP contribution is -2.42. The molecule has 7 heteroatoms. The van der Waals surface area contributed by atoms with E-state index < -0.39 is 12.1 Å². The van der Waals surface area contributed by atoms with E-state index in [1.807, 2.05) is 24.3 Å². The summed E-state index contributed by atoms with van der Waals surface area (Å²) in [5.74, 6) is -0.743. The Kier molecular flexibility index (Phi) is 6.75. The Morgan fingerprint density at radius 3 is 2.06 bits per heavy atom. The summed E-state index contributed by atoms with van der Waals surface area (Å²) in [6, 6.07) is 16.6. The molecule has 35 heavy (non-hydrogen) atoms. The molecule has 0 aromatic heterocycles. The van der Waals surface area contributed by atoms with Crippen molar-refractivity contribution in [3.8, 4) is 11.1 Å². The van der Waals surface area contributed by atoms with E-state index in [9.17, 15) is 14.4 Å². The van der Waals surface area contributed by atoms with Crippen molar-refractivity contribution in [2.24, 2.45) is 11.8 Å². The Bertz CT molecular complexity index is 1060. The third-order valence-electron chi connectivity index (χ3n) is 7.65. The molecule has 5 rings (SSSR count). The van der Waals surface area contributed by atoms with Crippen LogP contribution in [0.15, 0.2) is 48.5 Å². The summed E-state index contributed by atoms with van der Waals surface area (Å²) >= 11 is 0. The van der Waals surface area contributed by atoms with Crippen LogP contribution >= 0.6 is 0 Å². The second-order valence-electron chi connectivity index (χ2n) is 10.0. The molecule has 2 aromatic carbocycles. The largest absolute Gasteiger partial charge is 0.480 e. The molecule has 0 aliphatic heterocycles. The van der Waals surface area contributed by atoms with Gasteiger partial charge in [-0.2, -0.15) is 0 Å². The van der Waals surface area contributed by atoms with Crippen molar-refractivity contribution in [2.75, 3.05) is 19.7 Å². The zero-order valence-electron chi connectivity index (χ0n) is 19.8. The minimum absolute atomic E-state index is 0.0159. The van der Waals surface area contributed by atoms with Gasteiger partial charge >= 0.3 is 12.1 Å². The molecule has 2 fully saturated rings. The number of carboxylic acid groups (broad SMARTS) is 1. The van der Waals surface area contributed by atoms with E-state index in [1.54, 1.807) is 4.90 Å². The van der Waals surface area contributed by atoms with Gasteiger partial charge in [0.15, 0.2) is 0 Å². The fourth-order valence-electron chi connectivity index (χ4n) is 5.64. The first-order valence-electron chi connectivity index (χ1n) is 12.6. The van der Waals surface area contributed by atoms with Gasteiger partial charge in [0.25, 0.3) is 0 Å². The van der Waals surface area contributed by atoms with Crippen LogP contribution in [0.25, 0.3) is 11.1 Å². The van der Waals surface area contributed by atoms with E-state index >= 15 is 0 Å². The fourth-order valence-corrected chi connectivity index (χ4v) is 5.64. The number of aliphatic carboxylic acids is 1. The van der Waals surface area contributed by atoms with Gasteiger partial charge in [0.1, 0.15) is 13.2 Å². The summed E-state index contributed by atoms with van der Waals surface area (Å²) in [6.45, 7) is 0.619. The summed E-state index contributed by atoms with van der Waals surface area (Å²) in [7, 11) is 0. The number of nitrogens with zero attached hydrogens (tertiary/aromatic N) is 1. The van der Waals surface area contributed by atoms with Crippen molar-refractivity contribution in [3.63, 3.8) is 0 Å². The van der Waals surface area contributed by atoms with Gasteiger partial charge in [-0.1, -0.05) is 48.5 Å². The monoisotopic (exact) mass is 476 g/mol. The van der Waals surface area contributed by atoms with E-state index in [0.29, 0.717) is 19.1 Å². The second-order valence-corrected chi connectivity index (χ2v) is 10.0. The van der Waals surface area contributed by atoms with Crippen LogP contribution in [-0.4, -0.2) is 53.7 Å². The van der Waals surface area contributed by atoms with Gasteiger partial charge < -0.3 is 20.1 Å². The van der Waals surface area contributed by atoms with Crippen LogP contribution in [0.4, 0.5) is 4.79 Å². The van der Waals surface area contributed by atoms with Crippen LogP contribution in [0, 0.1) is 11.8 Å². The van der Waals surface area contributed by atoms with Crippen molar-refractivity contribution in [2.45, 2.75) is 50.5 Å². The minimum atomic E-state index is -0.953. The molecule has 0 bridgehead atoms. The quantitative estimate of drug-likeness (QED) is 0.589. The Morgan fingerprint density at radius 1 is 0.886 bits per heavy atom. The third-order valence-corrected chi connectivity index (χ3v) is 7.65. The maximum atomic E-state index is 12.8. The van der Waals surface area contributed by atoms with Crippen LogP contribution in [0.3, 0.4) is 0 Å². The lowest BCUT2D eigenvalue weighted by molar-refractivity contribution is -0.147. The summed E-state index contributed by atoms with van der Waals surface area (Å²) in [5.41, 5.74) is 4.78. The van der Waals surface area contributed by atoms with Gasteiger partial charge in [0, 0.05) is 24.4 Å². The average molecular weight is 477 g/mol. The Hall–Kier alpha value is -3.35. The molecule has 0 heterocycles. The van der Waals surface area contributed by atoms with Crippen molar-refractivity contribution in [1.82, 2.24) is 10.2 Å².